The Labute approximate surface area is 171 Å². The molecule has 29 heavy (non-hydrogen) atoms. The largest absolute Gasteiger partial charge is 0.350 e. The van der Waals surface area contributed by atoms with Crippen LogP contribution in [0.25, 0.3) is 0 Å². The Kier molecular flexibility index (Phi) is 6.34. The van der Waals surface area contributed by atoms with Gasteiger partial charge in [-0.3, -0.25) is 9.59 Å². The van der Waals surface area contributed by atoms with Crippen LogP contribution >= 0.6 is 0 Å². The van der Waals surface area contributed by atoms with Crippen molar-refractivity contribution < 1.29 is 18.0 Å². The highest BCUT2D eigenvalue weighted by molar-refractivity contribution is 7.89. The van der Waals surface area contributed by atoms with E-state index in [1.165, 1.54) is 13.0 Å². The molecule has 0 radical (unpaired) electrons. The maximum absolute atomic E-state index is 12.5. The number of carbonyl (C=O) groups is 2. The summed E-state index contributed by atoms with van der Waals surface area (Å²) in [5.41, 5.74) is 2.57. The molecule has 154 valence electrons. The quantitative estimate of drug-likeness (QED) is 0.724. The molecule has 0 saturated carbocycles. The number of sulfonamides is 1. The summed E-state index contributed by atoms with van der Waals surface area (Å²) in [6.07, 6.45) is 0.664. The normalized spacial score (nSPS) is 14.3. The van der Waals surface area contributed by atoms with Crippen LogP contribution in [0.4, 0.5) is 5.69 Å². The van der Waals surface area contributed by atoms with E-state index in [-0.39, 0.29) is 35.7 Å². The molecule has 2 N–H and O–H groups in total. The third-order valence-corrected chi connectivity index (χ3v) is 6.42. The Balaban J connectivity index is 1.55. The van der Waals surface area contributed by atoms with Crippen molar-refractivity contribution in [1.82, 2.24) is 10.0 Å². The van der Waals surface area contributed by atoms with Crippen LogP contribution in [-0.2, 0) is 26.0 Å². The summed E-state index contributed by atoms with van der Waals surface area (Å²) >= 11 is 0. The van der Waals surface area contributed by atoms with Crippen molar-refractivity contribution in [2.24, 2.45) is 0 Å². The van der Waals surface area contributed by atoms with Gasteiger partial charge in [-0.1, -0.05) is 30.3 Å². The Hall–Kier alpha value is -2.71. The van der Waals surface area contributed by atoms with Gasteiger partial charge in [-0.25, -0.2) is 13.1 Å². The molecular weight excluding hydrogens is 390 g/mol. The summed E-state index contributed by atoms with van der Waals surface area (Å²) in [7, 11) is -3.73. The lowest BCUT2D eigenvalue weighted by Gasteiger charge is -2.15. The standard InChI is InChI=1S/C21H25N3O4S/c1-15(17-6-4-3-5-7-17)23-21(26)10-12-22-29(27,28)19-8-9-20-18(14-19)11-13-24(20)16(2)25/h3-9,14-15,22H,10-13H2,1-2H3,(H,23,26)/t15-/m1/s1. The summed E-state index contributed by atoms with van der Waals surface area (Å²) in [5, 5.41) is 2.86. The van der Waals surface area contributed by atoms with Crippen LogP contribution in [-0.4, -0.2) is 33.3 Å². The Morgan fingerprint density at radius 1 is 1.14 bits per heavy atom. The summed E-state index contributed by atoms with van der Waals surface area (Å²) in [5.74, 6) is -0.289. The van der Waals surface area contributed by atoms with E-state index >= 15 is 0 Å². The average molecular weight is 416 g/mol. The first kappa shape index (κ1) is 21.0. The van der Waals surface area contributed by atoms with Crippen LogP contribution in [0.15, 0.2) is 53.4 Å². The summed E-state index contributed by atoms with van der Waals surface area (Å²) in [6.45, 7) is 3.94. The molecule has 1 aliphatic heterocycles. The number of anilines is 1. The topological polar surface area (TPSA) is 95.6 Å². The number of rotatable bonds is 7. The van der Waals surface area contributed by atoms with E-state index in [9.17, 15) is 18.0 Å². The van der Waals surface area contributed by atoms with Crippen molar-refractivity contribution in [1.29, 1.82) is 0 Å². The predicted molar refractivity (Wildman–Crippen MR) is 111 cm³/mol. The predicted octanol–water partition coefficient (Wildman–Crippen LogP) is 2.14. The van der Waals surface area contributed by atoms with E-state index < -0.39 is 10.0 Å². The van der Waals surface area contributed by atoms with E-state index in [1.807, 2.05) is 37.3 Å². The zero-order valence-electron chi connectivity index (χ0n) is 16.5. The molecule has 1 atom stereocenters. The lowest BCUT2D eigenvalue weighted by molar-refractivity contribution is -0.121. The highest BCUT2D eigenvalue weighted by Gasteiger charge is 2.24. The molecule has 0 bridgehead atoms. The van der Waals surface area contributed by atoms with Gasteiger partial charge in [0.15, 0.2) is 0 Å². The van der Waals surface area contributed by atoms with E-state index in [4.69, 9.17) is 0 Å². The van der Waals surface area contributed by atoms with Gasteiger partial charge in [0.25, 0.3) is 0 Å². The fourth-order valence-corrected chi connectivity index (χ4v) is 4.48. The number of carbonyl (C=O) groups excluding carboxylic acids is 2. The third-order valence-electron chi connectivity index (χ3n) is 4.96. The second-order valence-corrected chi connectivity index (χ2v) is 8.83. The van der Waals surface area contributed by atoms with Crippen molar-refractivity contribution in [3.05, 3.63) is 59.7 Å². The fourth-order valence-electron chi connectivity index (χ4n) is 3.39. The monoisotopic (exact) mass is 415 g/mol. The van der Waals surface area contributed by atoms with Crippen LogP contribution in [0.2, 0.25) is 0 Å². The zero-order chi connectivity index (χ0) is 21.0. The second kappa shape index (κ2) is 8.75. The molecule has 7 nitrogen and oxygen atoms in total. The van der Waals surface area contributed by atoms with Crippen LogP contribution in [0.3, 0.4) is 0 Å². The fraction of sp³-hybridized carbons (Fsp3) is 0.333. The van der Waals surface area contributed by atoms with Crippen molar-refractivity contribution in [3.63, 3.8) is 0 Å². The average Bonchev–Trinajstić information content (AvgIpc) is 3.12. The molecule has 2 aromatic carbocycles. The van der Waals surface area contributed by atoms with Crippen LogP contribution in [0.1, 0.15) is 37.4 Å². The van der Waals surface area contributed by atoms with Crippen molar-refractivity contribution >= 4 is 27.5 Å². The first-order valence-electron chi connectivity index (χ1n) is 9.53. The maximum atomic E-state index is 12.5. The second-order valence-electron chi connectivity index (χ2n) is 7.06. The minimum absolute atomic E-state index is 0.00628. The molecule has 2 aromatic rings. The van der Waals surface area contributed by atoms with E-state index in [1.54, 1.807) is 17.0 Å². The zero-order valence-corrected chi connectivity index (χ0v) is 17.3. The van der Waals surface area contributed by atoms with E-state index in [0.29, 0.717) is 13.0 Å². The molecule has 0 unspecified atom stereocenters. The molecule has 1 aliphatic rings. The van der Waals surface area contributed by atoms with Crippen LogP contribution in [0, 0.1) is 0 Å². The molecular formula is C21H25N3O4S. The highest BCUT2D eigenvalue weighted by Crippen LogP contribution is 2.30. The van der Waals surface area contributed by atoms with Gasteiger partial charge in [-0.05, 0) is 42.7 Å². The number of benzene rings is 2. The molecule has 3 rings (SSSR count). The number of amides is 2. The van der Waals surface area contributed by atoms with Gasteiger partial charge < -0.3 is 10.2 Å². The minimum atomic E-state index is -3.73. The van der Waals surface area contributed by atoms with Crippen molar-refractivity contribution in [3.8, 4) is 0 Å². The van der Waals surface area contributed by atoms with E-state index in [2.05, 4.69) is 10.0 Å². The Bertz CT molecular complexity index is 1010. The Morgan fingerprint density at radius 2 is 1.86 bits per heavy atom. The lowest BCUT2D eigenvalue weighted by Crippen LogP contribution is -2.32. The van der Waals surface area contributed by atoms with Gasteiger partial charge in [-0.2, -0.15) is 0 Å². The first-order chi connectivity index (χ1) is 13.8. The van der Waals surface area contributed by atoms with E-state index in [0.717, 1.165) is 16.8 Å². The van der Waals surface area contributed by atoms with Gasteiger partial charge in [0, 0.05) is 32.1 Å². The molecule has 0 saturated heterocycles. The van der Waals surface area contributed by atoms with Crippen molar-refractivity contribution in [2.45, 2.75) is 37.6 Å². The van der Waals surface area contributed by atoms with Gasteiger partial charge >= 0.3 is 0 Å². The summed E-state index contributed by atoms with van der Waals surface area (Å²) in [4.78, 5) is 25.5. The molecule has 0 fully saturated rings. The van der Waals surface area contributed by atoms with Crippen LogP contribution < -0.4 is 14.9 Å². The first-order valence-corrected chi connectivity index (χ1v) is 11.0. The molecule has 0 aliphatic carbocycles. The highest BCUT2D eigenvalue weighted by atomic mass is 32.2. The number of nitrogens with one attached hydrogen (secondary N) is 2. The number of hydrogen-bond donors (Lipinski definition) is 2. The van der Waals surface area contributed by atoms with Gasteiger partial charge in [0.2, 0.25) is 21.8 Å². The van der Waals surface area contributed by atoms with Crippen LogP contribution in [0.5, 0.6) is 0 Å². The molecule has 1 heterocycles. The van der Waals surface area contributed by atoms with Gasteiger partial charge in [0.05, 0.1) is 10.9 Å². The summed E-state index contributed by atoms with van der Waals surface area (Å²) in [6, 6.07) is 14.1. The number of hydrogen-bond acceptors (Lipinski definition) is 4. The van der Waals surface area contributed by atoms with Crippen molar-refractivity contribution in [2.75, 3.05) is 18.0 Å². The third kappa shape index (κ3) is 5.02. The van der Waals surface area contributed by atoms with Gasteiger partial charge in [0.1, 0.15) is 0 Å². The number of fused-ring (bicyclic) bond motifs is 1. The van der Waals surface area contributed by atoms with Gasteiger partial charge in [-0.15, -0.1) is 0 Å². The summed E-state index contributed by atoms with van der Waals surface area (Å²) < 4.78 is 27.6. The smallest absolute Gasteiger partial charge is 0.240 e. The molecule has 0 aromatic heterocycles. The SMILES string of the molecule is CC(=O)N1CCc2cc(S(=O)(=O)NCCC(=O)N[C@H](C)c3ccccc3)ccc21. The number of nitrogens with zero attached hydrogens (tertiary/aromatic N) is 1. The minimum Gasteiger partial charge on any atom is -0.350 e. The molecule has 2 amide bonds. The molecule has 0 spiro atoms. The lowest BCUT2D eigenvalue weighted by atomic mass is 10.1. The Morgan fingerprint density at radius 3 is 2.55 bits per heavy atom. The molecule has 8 heteroatoms. The maximum Gasteiger partial charge on any atom is 0.240 e.